The van der Waals surface area contributed by atoms with Crippen molar-refractivity contribution in [2.75, 3.05) is 18.4 Å². The van der Waals surface area contributed by atoms with Gasteiger partial charge in [-0.15, -0.1) is 12.4 Å². The van der Waals surface area contributed by atoms with Crippen LogP contribution in [0, 0.1) is 11.2 Å². The van der Waals surface area contributed by atoms with Crippen LogP contribution in [0.5, 0.6) is 0 Å². The normalized spacial score (nSPS) is 22.4. The first-order valence-corrected chi connectivity index (χ1v) is 5.86. The molecule has 3 nitrogen and oxygen atoms in total. The van der Waals surface area contributed by atoms with Gasteiger partial charge >= 0.3 is 0 Å². The standard InChI is InChI=1S/C12H14ClFN2O.ClH/c1-12(4-5-15-7-12)11(17)16-10-3-2-8(13)6-9(10)14;/h2-3,6,15H,4-5,7H2,1H3,(H,16,17);1H. The lowest BCUT2D eigenvalue weighted by atomic mass is 9.89. The zero-order chi connectivity index (χ0) is 12.5. The van der Waals surface area contributed by atoms with Crippen molar-refractivity contribution in [3.05, 3.63) is 29.0 Å². The molecular weight excluding hydrogens is 278 g/mol. The molecule has 6 heteroatoms. The van der Waals surface area contributed by atoms with Crippen LogP contribution < -0.4 is 10.6 Å². The van der Waals surface area contributed by atoms with Gasteiger partial charge in [0, 0.05) is 11.6 Å². The SMILES string of the molecule is CC1(C(=O)Nc2ccc(Cl)cc2F)CCNC1.Cl. The fourth-order valence-electron chi connectivity index (χ4n) is 1.87. The van der Waals surface area contributed by atoms with E-state index >= 15 is 0 Å². The van der Waals surface area contributed by atoms with E-state index in [1.165, 1.54) is 12.1 Å². The van der Waals surface area contributed by atoms with Gasteiger partial charge in [-0.1, -0.05) is 11.6 Å². The summed E-state index contributed by atoms with van der Waals surface area (Å²) in [7, 11) is 0. The highest BCUT2D eigenvalue weighted by Gasteiger charge is 2.36. The first-order chi connectivity index (χ1) is 8.01. The van der Waals surface area contributed by atoms with E-state index in [0.29, 0.717) is 11.6 Å². The molecule has 1 amide bonds. The number of anilines is 1. The number of hydrogen-bond acceptors (Lipinski definition) is 2. The average Bonchev–Trinajstić information content (AvgIpc) is 2.71. The number of benzene rings is 1. The molecule has 1 saturated heterocycles. The van der Waals surface area contributed by atoms with Crippen molar-refractivity contribution < 1.29 is 9.18 Å². The molecule has 0 aromatic heterocycles. The Morgan fingerprint density at radius 2 is 2.28 bits per heavy atom. The minimum absolute atomic E-state index is 0. The van der Waals surface area contributed by atoms with Crippen LogP contribution in [0.1, 0.15) is 13.3 Å². The lowest BCUT2D eigenvalue weighted by molar-refractivity contribution is -0.123. The molecule has 1 aromatic carbocycles. The largest absolute Gasteiger partial charge is 0.323 e. The van der Waals surface area contributed by atoms with Crippen LogP contribution in [0.4, 0.5) is 10.1 Å². The van der Waals surface area contributed by atoms with Gasteiger partial charge in [0.15, 0.2) is 0 Å². The van der Waals surface area contributed by atoms with Crippen molar-refractivity contribution in [2.24, 2.45) is 5.41 Å². The average molecular weight is 293 g/mol. The Balaban J connectivity index is 0.00000162. The van der Waals surface area contributed by atoms with Crippen LogP contribution in [0.2, 0.25) is 5.02 Å². The van der Waals surface area contributed by atoms with E-state index < -0.39 is 11.2 Å². The first-order valence-electron chi connectivity index (χ1n) is 5.48. The lowest BCUT2D eigenvalue weighted by Gasteiger charge is -2.21. The van der Waals surface area contributed by atoms with Crippen LogP contribution in [0.3, 0.4) is 0 Å². The van der Waals surface area contributed by atoms with Crippen molar-refractivity contribution in [1.82, 2.24) is 5.32 Å². The summed E-state index contributed by atoms with van der Waals surface area (Å²) in [5.41, 5.74) is -0.293. The molecule has 100 valence electrons. The van der Waals surface area contributed by atoms with Gasteiger partial charge in [-0.25, -0.2) is 4.39 Å². The van der Waals surface area contributed by atoms with Crippen molar-refractivity contribution >= 4 is 35.6 Å². The summed E-state index contributed by atoms with van der Waals surface area (Å²) in [6.07, 6.45) is 0.758. The maximum Gasteiger partial charge on any atom is 0.231 e. The van der Waals surface area contributed by atoms with Gasteiger partial charge in [-0.05, 0) is 38.1 Å². The Morgan fingerprint density at radius 1 is 1.56 bits per heavy atom. The summed E-state index contributed by atoms with van der Waals surface area (Å²) in [6.45, 7) is 3.30. The summed E-state index contributed by atoms with van der Waals surface area (Å²) < 4.78 is 13.5. The highest BCUT2D eigenvalue weighted by atomic mass is 35.5. The second-order valence-electron chi connectivity index (χ2n) is 4.57. The van der Waals surface area contributed by atoms with E-state index in [0.717, 1.165) is 13.0 Å². The Labute approximate surface area is 116 Å². The van der Waals surface area contributed by atoms with E-state index in [1.54, 1.807) is 6.07 Å². The van der Waals surface area contributed by atoms with E-state index in [-0.39, 0.29) is 24.0 Å². The molecule has 1 unspecified atom stereocenters. The van der Waals surface area contributed by atoms with Crippen LogP contribution >= 0.6 is 24.0 Å². The minimum atomic E-state index is -0.514. The number of nitrogens with one attached hydrogen (secondary N) is 2. The molecule has 18 heavy (non-hydrogen) atoms. The van der Waals surface area contributed by atoms with E-state index in [4.69, 9.17) is 11.6 Å². The molecule has 1 atom stereocenters. The molecule has 0 spiro atoms. The molecule has 2 rings (SSSR count). The summed E-state index contributed by atoms with van der Waals surface area (Å²) in [5, 5.41) is 6.05. The van der Waals surface area contributed by atoms with Crippen LogP contribution in [0.15, 0.2) is 18.2 Å². The van der Waals surface area contributed by atoms with E-state index in [1.807, 2.05) is 6.92 Å². The highest BCUT2D eigenvalue weighted by molar-refractivity contribution is 6.30. The monoisotopic (exact) mass is 292 g/mol. The van der Waals surface area contributed by atoms with Gasteiger partial charge in [0.2, 0.25) is 5.91 Å². The van der Waals surface area contributed by atoms with Crippen LogP contribution in [0.25, 0.3) is 0 Å². The van der Waals surface area contributed by atoms with E-state index in [2.05, 4.69) is 10.6 Å². The predicted molar refractivity (Wildman–Crippen MR) is 72.9 cm³/mol. The first kappa shape index (κ1) is 15.2. The maximum atomic E-state index is 13.5. The molecule has 0 bridgehead atoms. The summed E-state index contributed by atoms with van der Waals surface area (Å²) >= 11 is 5.65. The van der Waals surface area contributed by atoms with Crippen molar-refractivity contribution in [3.8, 4) is 0 Å². The zero-order valence-electron chi connectivity index (χ0n) is 9.93. The molecular formula is C12H15Cl2FN2O. The Kier molecular flexibility index (Phi) is 4.96. The van der Waals surface area contributed by atoms with Gasteiger partial charge in [-0.3, -0.25) is 4.79 Å². The van der Waals surface area contributed by atoms with Crippen LogP contribution in [-0.4, -0.2) is 19.0 Å². The Hall–Kier alpha value is -0.840. The van der Waals surface area contributed by atoms with Crippen molar-refractivity contribution in [2.45, 2.75) is 13.3 Å². The third-order valence-electron chi connectivity index (χ3n) is 3.10. The molecule has 0 saturated carbocycles. The quantitative estimate of drug-likeness (QED) is 0.880. The topological polar surface area (TPSA) is 41.1 Å². The third kappa shape index (κ3) is 3.13. The smallest absolute Gasteiger partial charge is 0.231 e. The molecule has 1 aliphatic rings. The molecule has 1 heterocycles. The molecule has 1 fully saturated rings. The number of halogens is 3. The number of carbonyl (C=O) groups is 1. The Morgan fingerprint density at radius 3 is 2.83 bits per heavy atom. The minimum Gasteiger partial charge on any atom is -0.323 e. The van der Waals surface area contributed by atoms with Crippen molar-refractivity contribution in [1.29, 1.82) is 0 Å². The lowest BCUT2D eigenvalue weighted by Crippen LogP contribution is -2.35. The van der Waals surface area contributed by atoms with Gasteiger partial charge in [-0.2, -0.15) is 0 Å². The fraction of sp³-hybridized carbons (Fsp3) is 0.417. The van der Waals surface area contributed by atoms with Gasteiger partial charge in [0.05, 0.1) is 11.1 Å². The summed E-state index contributed by atoms with van der Waals surface area (Å²) in [6, 6.07) is 4.21. The predicted octanol–water partition coefficient (Wildman–Crippen LogP) is 2.84. The molecule has 0 radical (unpaired) electrons. The number of carbonyl (C=O) groups excluding carboxylic acids is 1. The maximum absolute atomic E-state index is 13.5. The molecule has 1 aromatic rings. The van der Waals surface area contributed by atoms with Crippen molar-refractivity contribution in [3.63, 3.8) is 0 Å². The number of hydrogen-bond donors (Lipinski definition) is 2. The molecule has 0 aliphatic carbocycles. The second kappa shape index (κ2) is 5.87. The van der Waals surface area contributed by atoms with Gasteiger partial charge in [0.25, 0.3) is 0 Å². The van der Waals surface area contributed by atoms with E-state index in [9.17, 15) is 9.18 Å². The highest BCUT2D eigenvalue weighted by Crippen LogP contribution is 2.27. The molecule has 2 N–H and O–H groups in total. The molecule has 1 aliphatic heterocycles. The summed E-state index contributed by atoms with van der Waals surface area (Å²) in [4.78, 5) is 12.0. The zero-order valence-corrected chi connectivity index (χ0v) is 11.5. The van der Waals surface area contributed by atoms with Gasteiger partial charge in [0.1, 0.15) is 5.82 Å². The van der Waals surface area contributed by atoms with Gasteiger partial charge < -0.3 is 10.6 Å². The number of rotatable bonds is 2. The third-order valence-corrected chi connectivity index (χ3v) is 3.33. The van der Waals surface area contributed by atoms with Crippen LogP contribution in [-0.2, 0) is 4.79 Å². The summed E-state index contributed by atoms with van der Waals surface area (Å²) in [5.74, 6) is -0.677. The Bertz CT molecular complexity index is 448. The number of amides is 1. The fourth-order valence-corrected chi connectivity index (χ4v) is 2.03. The second-order valence-corrected chi connectivity index (χ2v) is 5.00.